The highest BCUT2D eigenvalue weighted by Gasteiger charge is 2.59. The number of anilines is 2. The number of hydrogen-bond acceptors (Lipinski definition) is 4. The minimum atomic E-state index is -4.53. The van der Waals surface area contributed by atoms with E-state index >= 15 is 0 Å². The van der Waals surface area contributed by atoms with Crippen molar-refractivity contribution >= 4 is 17.3 Å². The summed E-state index contributed by atoms with van der Waals surface area (Å²) in [4.78, 5) is 16.5. The molecule has 0 aromatic heterocycles. The third-order valence-electron chi connectivity index (χ3n) is 6.91. The molecule has 2 aliphatic heterocycles. The molecule has 10 heteroatoms. The second kappa shape index (κ2) is 8.81. The van der Waals surface area contributed by atoms with Gasteiger partial charge in [-0.05, 0) is 48.2 Å². The van der Waals surface area contributed by atoms with Crippen LogP contribution in [0.3, 0.4) is 0 Å². The van der Waals surface area contributed by atoms with Crippen LogP contribution in [-0.4, -0.2) is 50.2 Å². The third kappa shape index (κ3) is 4.61. The second-order valence-corrected chi connectivity index (χ2v) is 9.11. The Kier molecular flexibility index (Phi) is 5.97. The topological polar surface area (TPSA) is 44.8 Å². The van der Waals surface area contributed by atoms with Gasteiger partial charge in [0, 0.05) is 49.9 Å². The number of hydrogen-bond donors (Lipinski definition) is 1. The number of benzene rings is 2. The first-order valence-electron chi connectivity index (χ1n) is 11.2. The highest BCUT2D eigenvalue weighted by Crippen LogP contribution is 2.52. The number of fused-ring (bicyclic) bond motifs is 1. The molecule has 1 N–H and O–H groups in total. The van der Waals surface area contributed by atoms with Crippen LogP contribution >= 0.6 is 0 Å². The highest BCUT2D eigenvalue weighted by molar-refractivity contribution is 5.95. The van der Waals surface area contributed by atoms with Crippen molar-refractivity contribution in [2.45, 2.75) is 12.7 Å². The number of nitrogens with zero attached hydrogens (tertiary/aromatic N) is 2. The van der Waals surface area contributed by atoms with Crippen molar-refractivity contribution < 1.29 is 31.5 Å². The van der Waals surface area contributed by atoms with Crippen LogP contribution in [0.25, 0.3) is 0 Å². The molecule has 2 aromatic carbocycles. The van der Waals surface area contributed by atoms with E-state index in [0.29, 0.717) is 50.8 Å². The van der Waals surface area contributed by atoms with Gasteiger partial charge < -0.3 is 15.0 Å². The van der Waals surface area contributed by atoms with Crippen molar-refractivity contribution in [1.82, 2.24) is 4.90 Å². The number of carbonyl (C=O) groups excluding carboxylic acids is 1. The van der Waals surface area contributed by atoms with E-state index < -0.39 is 23.4 Å². The average Bonchev–Trinajstić information content (AvgIpc) is 3.30. The number of nitrogens with one attached hydrogen (secondary N) is 1. The molecular formula is C24H24F5N3O2. The molecule has 1 aliphatic carbocycles. The van der Waals surface area contributed by atoms with Gasteiger partial charge in [0.25, 0.3) is 0 Å². The molecular weight excluding hydrogens is 457 g/mol. The Balaban J connectivity index is 1.16. The second-order valence-electron chi connectivity index (χ2n) is 9.11. The van der Waals surface area contributed by atoms with E-state index in [1.165, 1.54) is 6.07 Å². The van der Waals surface area contributed by atoms with Gasteiger partial charge in [-0.25, -0.2) is 8.78 Å². The molecule has 5 nitrogen and oxygen atoms in total. The van der Waals surface area contributed by atoms with Crippen molar-refractivity contribution in [1.29, 1.82) is 0 Å². The van der Waals surface area contributed by atoms with E-state index in [2.05, 4.69) is 5.32 Å². The summed E-state index contributed by atoms with van der Waals surface area (Å²) in [5, 5.41) is 2.78. The summed E-state index contributed by atoms with van der Waals surface area (Å²) in [6, 6.07) is 7.05. The molecule has 0 bridgehead atoms. The minimum absolute atomic E-state index is 0.00652. The number of likely N-dealkylation sites (tertiary alicyclic amines) is 1. The zero-order valence-electron chi connectivity index (χ0n) is 18.2. The Labute approximate surface area is 193 Å². The van der Waals surface area contributed by atoms with Crippen LogP contribution < -0.4 is 10.2 Å². The number of halogens is 5. The molecule has 1 amide bonds. The molecule has 5 rings (SSSR count). The van der Waals surface area contributed by atoms with Gasteiger partial charge in [0.05, 0.1) is 24.5 Å². The maximum absolute atomic E-state index is 14.6. The number of ether oxygens (including phenoxy) is 1. The summed E-state index contributed by atoms with van der Waals surface area (Å²) >= 11 is 0. The summed E-state index contributed by atoms with van der Waals surface area (Å²) in [6.07, 6.45) is -4.53. The van der Waals surface area contributed by atoms with Crippen LogP contribution in [0.1, 0.15) is 11.1 Å². The SMILES string of the molecule is O=C(Nc1ccc(N2CCOCC2)c(F)c1)C1C2CN(Cc3cc(C(F)(F)F)ccc3F)CC21. The molecule has 2 unspecified atom stereocenters. The van der Waals surface area contributed by atoms with Gasteiger partial charge in [-0.1, -0.05) is 0 Å². The van der Waals surface area contributed by atoms with Gasteiger partial charge in [0.15, 0.2) is 0 Å². The number of piperidine rings is 1. The predicted molar refractivity (Wildman–Crippen MR) is 115 cm³/mol. The molecule has 2 heterocycles. The number of amides is 1. The number of rotatable bonds is 5. The Morgan fingerprint density at radius 3 is 2.35 bits per heavy atom. The number of morpholine rings is 1. The molecule has 0 spiro atoms. The fourth-order valence-corrected chi connectivity index (χ4v) is 5.12. The third-order valence-corrected chi connectivity index (χ3v) is 6.91. The Morgan fingerprint density at radius 2 is 1.71 bits per heavy atom. The molecule has 3 aliphatic rings. The summed E-state index contributed by atoms with van der Waals surface area (Å²) < 4.78 is 72.7. The van der Waals surface area contributed by atoms with Crippen molar-refractivity contribution in [2.24, 2.45) is 17.8 Å². The van der Waals surface area contributed by atoms with Crippen LogP contribution in [0.2, 0.25) is 0 Å². The molecule has 1 saturated carbocycles. The zero-order chi connectivity index (χ0) is 24.0. The van der Waals surface area contributed by atoms with Gasteiger partial charge >= 0.3 is 6.18 Å². The lowest BCUT2D eigenvalue weighted by Crippen LogP contribution is -2.36. The van der Waals surface area contributed by atoms with E-state index in [-0.39, 0.29) is 35.8 Å². The first kappa shape index (κ1) is 23.0. The number of alkyl halides is 3. The van der Waals surface area contributed by atoms with E-state index in [4.69, 9.17) is 4.74 Å². The molecule has 0 radical (unpaired) electrons. The van der Waals surface area contributed by atoms with E-state index in [9.17, 15) is 26.7 Å². The smallest absolute Gasteiger partial charge is 0.378 e. The van der Waals surface area contributed by atoms with Gasteiger partial charge in [-0.3, -0.25) is 9.69 Å². The zero-order valence-corrected chi connectivity index (χ0v) is 18.2. The van der Waals surface area contributed by atoms with Crippen LogP contribution in [-0.2, 0) is 22.3 Å². The van der Waals surface area contributed by atoms with Crippen LogP contribution in [0, 0.1) is 29.4 Å². The summed E-state index contributed by atoms with van der Waals surface area (Å²) in [5.74, 6) is -1.39. The van der Waals surface area contributed by atoms with Gasteiger partial charge in [-0.2, -0.15) is 13.2 Å². The van der Waals surface area contributed by atoms with Gasteiger partial charge in [-0.15, -0.1) is 0 Å². The Morgan fingerprint density at radius 1 is 1.00 bits per heavy atom. The average molecular weight is 481 g/mol. The highest BCUT2D eigenvalue weighted by atomic mass is 19.4. The molecule has 3 fully saturated rings. The van der Waals surface area contributed by atoms with E-state index in [0.717, 1.165) is 18.2 Å². The monoisotopic (exact) mass is 481 g/mol. The van der Waals surface area contributed by atoms with Crippen LogP contribution in [0.4, 0.5) is 33.3 Å². The summed E-state index contributed by atoms with van der Waals surface area (Å²) in [7, 11) is 0. The lowest BCUT2D eigenvalue weighted by Gasteiger charge is -2.29. The van der Waals surface area contributed by atoms with Crippen molar-refractivity contribution in [3.05, 3.63) is 59.2 Å². The minimum Gasteiger partial charge on any atom is -0.378 e. The first-order valence-corrected chi connectivity index (χ1v) is 11.2. The maximum atomic E-state index is 14.6. The fraction of sp³-hybridized carbons (Fsp3) is 0.458. The quantitative estimate of drug-likeness (QED) is 0.653. The lowest BCUT2D eigenvalue weighted by atomic mass is 10.1. The van der Waals surface area contributed by atoms with E-state index in [1.54, 1.807) is 12.1 Å². The van der Waals surface area contributed by atoms with Crippen molar-refractivity contribution in [3.63, 3.8) is 0 Å². The first-order chi connectivity index (χ1) is 16.2. The normalized spacial score (nSPS) is 24.7. The molecule has 2 atom stereocenters. The van der Waals surface area contributed by atoms with Crippen LogP contribution in [0.15, 0.2) is 36.4 Å². The summed E-state index contributed by atoms with van der Waals surface area (Å²) in [6.45, 7) is 3.36. The fourth-order valence-electron chi connectivity index (χ4n) is 5.12. The maximum Gasteiger partial charge on any atom is 0.416 e. The van der Waals surface area contributed by atoms with Crippen molar-refractivity contribution in [2.75, 3.05) is 49.6 Å². The van der Waals surface area contributed by atoms with Crippen LogP contribution in [0.5, 0.6) is 0 Å². The van der Waals surface area contributed by atoms with Crippen molar-refractivity contribution in [3.8, 4) is 0 Å². The summed E-state index contributed by atoms with van der Waals surface area (Å²) in [5.41, 5.74) is -0.0280. The Bertz CT molecular complexity index is 1070. The van der Waals surface area contributed by atoms with E-state index in [1.807, 2.05) is 9.80 Å². The molecule has 2 aromatic rings. The predicted octanol–water partition coefficient (Wildman–Crippen LogP) is 4.14. The van der Waals surface area contributed by atoms with Gasteiger partial charge in [0.2, 0.25) is 5.91 Å². The Hall–Kier alpha value is -2.72. The molecule has 2 saturated heterocycles. The molecule has 34 heavy (non-hydrogen) atoms. The number of carbonyl (C=O) groups is 1. The molecule has 182 valence electrons. The largest absolute Gasteiger partial charge is 0.416 e. The standard InChI is InChI=1S/C24H24F5N3O2/c25-19-3-1-15(24(27,28)29)9-14(19)11-31-12-17-18(13-31)22(17)23(33)30-16-2-4-21(20(26)10-16)32-5-7-34-8-6-32/h1-4,9-10,17-18,22H,5-8,11-13H2,(H,30,33). The van der Waals surface area contributed by atoms with Gasteiger partial charge in [0.1, 0.15) is 11.6 Å². The lowest BCUT2D eigenvalue weighted by molar-refractivity contribution is -0.137.